The number of aromatic nitrogens is 2. The maximum Gasteiger partial charge on any atom is 0.256 e. The molecule has 0 aliphatic rings. The van der Waals surface area contributed by atoms with Crippen LogP contribution in [0.1, 0.15) is 24.7 Å². The van der Waals surface area contributed by atoms with Crippen LogP contribution in [0.25, 0.3) is 0 Å². The average molecular weight is 210 g/mol. The minimum Gasteiger partial charge on any atom is -0.383 e. The van der Waals surface area contributed by atoms with Crippen LogP contribution in [0.2, 0.25) is 0 Å². The summed E-state index contributed by atoms with van der Waals surface area (Å²) in [4.78, 5) is 18.5. The minimum atomic E-state index is -0.101. The molecular formula is C10H18N4O. The van der Waals surface area contributed by atoms with Gasteiger partial charge >= 0.3 is 0 Å². The number of aromatic amines is 1. The van der Waals surface area contributed by atoms with E-state index in [2.05, 4.69) is 15.3 Å². The summed E-state index contributed by atoms with van der Waals surface area (Å²) in [6.45, 7) is 2.78. The second-order valence-corrected chi connectivity index (χ2v) is 3.48. The van der Waals surface area contributed by atoms with Crippen molar-refractivity contribution in [2.75, 3.05) is 19.3 Å². The number of nitrogens with zero attached hydrogens (tertiary/aromatic N) is 1. The number of likely N-dealkylation sites (N-methyl/N-ethyl adjacent to an activating group) is 1. The molecule has 0 unspecified atom stereocenters. The lowest BCUT2D eigenvalue weighted by atomic mass is 10.2. The van der Waals surface area contributed by atoms with Gasteiger partial charge in [-0.3, -0.25) is 4.79 Å². The van der Waals surface area contributed by atoms with Crippen LogP contribution in [0.4, 0.5) is 5.82 Å². The Hall–Kier alpha value is -1.36. The molecule has 0 saturated heterocycles. The zero-order chi connectivity index (χ0) is 11.3. The Balaban J connectivity index is 2.92. The van der Waals surface area contributed by atoms with Gasteiger partial charge in [-0.15, -0.1) is 0 Å². The molecule has 0 saturated carbocycles. The monoisotopic (exact) mass is 210 g/mol. The van der Waals surface area contributed by atoms with Crippen LogP contribution in [0, 0.1) is 0 Å². The van der Waals surface area contributed by atoms with Gasteiger partial charge in [0.15, 0.2) is 0 Å². The number of rotatable bonds is 5. The molecule has 0 atom stereocenters. The van der Waals surface area contributed by atoms with Crippen LogP contribution in [-0.4, -0.2) is 23.6 Å². The van der Waals surface area contributed by atoms with Crippen molar-refractivity contribution < 1.29 is 0 Å². The number of hydrogen-bond donors (Lipinski definition) is 3. The third-order valence-electron chi connectivity index (χ3n) is 2.21. The summed E-state index contributed by atoms with van der Waals surface area (Å²) in [5.41, 5.74) is 6.23. The Morgan fingerprint density at radius 1 is 1.47 bits per heavy atom. The normalized spacial score (nSPS) is 10.5. The summed E-state index contributed by atoms with van der Waals surface area (Å²) >= 11 is 0. The van der Waals surface area contributed by atoms with Crippen LogP contribution in [0.15, 0.2) is 4.79 Å². The molecule has 5 heteroatoms. The van der Waals surface area contributed by atoms with E-state index in [0.29, 0.717) is 30.0 Å². The first kappa shape index (κ1) is 11.7. The Kier molecular flexibility index (Phi) is 4.30. The molecule has 4 N–H and O–H groups in total. The molecule has 0 aromatic carbocycles. The van der Waals surface area contributed by atoms with Gasteiger partial charge in [-0.1, -0.05) is 13.3 Å². The maximum absolute atomic E-state index is 11.6. The van der Waals surface area contributed by atoms with E-state index in [9.17, 15) is 4.79 Å². The van der Waals surface area contributed by atoms with Crippen molar-refractivity contribution in [2.45, 2.75) is 26.2 Å². The zero-order valence-electron chi connectivity index (χ0n) is 9.26. The van der Waals surface area contributed by atoms with Gasteiger partial charge in [0.25, 0.3) is 5.56 Å². The molecule has 1 aromatic rings. The van der Waals surface area contributed by atoms with Crippen LogP contribution in [0.5, 0.6) is 0 Å². The van der Waals surface area contributed by atoms with E-state index in [0.717, 1.165) is 13.0 Å². The maximum atomic E-state index is 11.6. The summed E-state index contributed by atoms with van der Waals surface area (Å²) in [6, 6.07) is 0. The smallest absolute Gasteiger partial charge is 0.256 e. The van der Waals surface area contributed by atoms with E-state index in [1.165, 1.54) is 0 Å². The van der Waals surface area contributed by atoms with E-state index in [4.69, 9.17) is 5.73 Å². The van der Waals surface area contributed by atoms with Crippen molar-refractivity contribution in [1.82, 2.24) is 15.3 Å². The number of anilines is 1. The van der Waals surface area contributed by atoms with Gasteiger partial charge in [-0.05, 0) is 13.5 Å². The summed E-state index contributed by atoms with van der Waals surface area (Å²) in [7, 11) is 1.85. The van der Waals surface area contributed by atoms with Crippen molar-refractivity contribution in [2.24, 2.45) is 0 Å². The van der Waals surface area contributed by atoms with Crippen molar-refractivity contribution in [3.8, 4) is 0 Å². The van der Waals surface area contributed by atoms with E-state index in [-0.39, 0.29) is 5.56 Å². The van der Waals surface area contributed by atoms with Gasteiger partial charge in [0.1, 0.15) is 11.6 Å². The van der Waals surface area contributed by atoms with Crippen LogP contribution < -0.4 is 16.6 Å². The Morgan fingerprint density at radius 2 is 2.20 bits per heavy atom. The van der Waals surface area contributed by atoms with Gasteiger partial charge in [-0.2, -0.15) is 0 Å². The highest BCUT2D eigenvalue weighted by Crippen LogP contribution is 2.05. The van der Waals surface area contributed by atoms with Crippen molar-refractivity contribution in [3.63, 3.8) is 0 Å². The highest BCUT2D eigenvalue weighted by molar-refractivity contribution is 5.37. The first-order valence-electron chi connectivity index (χ1n) is 5.21. The first-order valence-corrected chi connectivity index (χ1v) is 5.21. The predicted molar refractivity (Wildman–Crippen MR) is 60.9 cm³/mol. The van der Waals surface area contributed by atoms with E-state index >= 15 is 0 Å². The molecule has 0 aliphatic heterocycles. The van der Waals surface area contributed by atoms with Crippen molar-refractivity contribution in [3.05, 3.63) is 21.7 Å². The SMILES string of the molecule is CCCc1c(N)nc(CCNC)[nH]c1=O. The fraction of sp³-hybridized carbons (Fsp3) is 0.600. The zero-order valence-corrected chi connectivity index (χ0v) is 9.26. The number of nitrogens with one attached hydrogen (secondary N) is 2. The molecule has 5 nitrogen and oxygen atoms in total. The van der Waals surface area contributed by atoms with Gasteiger partial charge in [-0.25, -0.2) is 4.98 Å². The molecule has 84 valence electrons. The predicted octanol–water partition coefficient (Wildman–Crippen LogP) is 0.0665. The molecule has 0 aliphatic carbocycles. The highest BCUT2D eigenvalue weighted by atomic mass is 16.1. The lowest BCUT2D eigenvalue weighted by Gasteiger charge is -2.05. The highest BCUT2D eigenvalue weighted by Gasteiger charge is 2.07. The Bertz CT molecular complexity index is 372. The molecule has 0 bridgehead atoms. The van der Waals surface area contributed by atoms with E-state index < -0.39 is 0 Å². The molecule has 0 radical (unpaired) electrons. The van der Waals surface area contributed by atoms with Gasteiger partial charge < -0.3 is 16.0 Å². The molecule has 1 rings (SSSR count). The summed E-state index contributed by atoms with van der Waals surface area (Å²) in [6.07, 6.45) is 2.26. The molecular weight excluding hydrogens is 192 g/mol. The van der Waals surface area contributed by atoms with Gasteiger partial charge in [0.05, 0.1) is 5.56 Å². The van der Waals surface area contributed by atoms with E-state index in [1.54, 1.807) is 0 Å². The quantitative estimate of drug-likeness (QED) is 0.642. The fourth-order valence-electron chi connectivity index (χ4n) is 1.42. The number of H-pyrrole nitrogens is 1. The molecule has 1 heterocycles. The Morgan fingerprint density at radius 3 is 2.73 bits per heavy atom. The summed E-state index contributed by atoms with van der Waals surface area (Å²) < 4.78 is 0. The number of nitrogen functional groups attached to an aromatic ring is 1. The molecule has 0 amide bonds. The topological polar surface area (TPSA) is 83.8 Å². The molecule has 1 aromatic heterocycles. The third kappa shape index (κ3) is 3.06. The van der Waals surface area contributed by atoms with Gasteiger partial charge in [0, 0.05) is 13.0 Å². The van der Waals surface area contributed by atoms with Crippen LogP contribution in [0.3, 0.4) is 0 Å². The number of hydrogen-bond acceptors (Lipinski definition) is 4. The van der Waals surface area contributed by atoms with Crippen molar-refractivity contribution >= 4 is 5.82 Å². The van der Waals surface area contributed by atoms with E-state index in [1.807, 2.05) is 14.0 Å². The average Bonchev–Trinajstić information content (AvgIpc) is 2.20. The second kappa shape index (κ2) is 5.50. The summed E-state index contributed by atoms with van der Waals surface area (Å²) in [5.74, 6) is 1.01. The Labute approximate surface area is 89.1 Å². The lowest BCUT2D eigenvalue weighted by Crippen LogP contribution is -2.22. The largest absolute Gasteiger partial charge is 0.383 e. The van der Waals surface area contributed by atoms with Crippen molar-refractivity contribution in [1.29, 1.82) is 0 Å². The lowest BCUT2D eigenvalue weighted by molar-refractivity contribution is 0.747. The molecule has 15 heavy (non-hydrogen) atoms. The fourth-order valence-corrected chi connectivity index (χ4v) is 1.42. The number of nitrogens with two attached hydrogens (primary N) is 1. The third-order valence-corrected chi connectivity index (χ3v) is 2.21. The van der Waals surface area contributed by atoms with Crippen LogP contribution >= 0.6 is 0 Å². The minimum absolute atomic E-state index is 0.101. The standard InChI is InChI=1S/C10H18N4O/c1-3-4-7-9(11)13-8(5-6-12-2)14-10(7)15/h12H,3-6H2,1-2H3,(H3,11,13,14,15). The summed E-state index contributed by atoms with van der Waals surface area (Å²) in [5, 5.41) is 2.99. The van der Waals surface area contributed by atoms with Gasteiger partial charge in [0.2, 0.25) is 0 Å². The van der Waals surface area contributed by atoms with Crippen LogP contribution in [-0.2, 0) is 12.8 Å². The second-order valence-electron chi connectivity index (χ2n) is 3.48. The molecule has 0 fully saturated rings. The molecule has 0 spiro atoms. The first-order chi connectivity index (χ1) is 7.19.